The van der Waals surface area contributed by atoms with E-state index in [4.69, 9.17) is 4.74 Å². The van der Waals surface area contributed by atoms with Gasteiger partial charge in [0.25, 0.3) is 5.91 Å². The van der Waals surface area contributed by atoms with E-state index >= 15 is 0 Å². The normalized spacial score (nSPS) is 12.0. The summed E-state index contributed by atoms with van der Waals surface area (Å²) < 4.78 is 5.63. The van der Waals surface area contributed by atoms with Gasteiger partial charge < -0.3 is 4.74 Å². The number of nitrogens with one attached hydrogen (secondary N) is 1. The molecular formula is C17H23N3O2S. The molecule has 1 atom stereocenters. The van der Waals surface area contributed by atoms with Gasteiger partial charge in [-0.05, 0) is 32.4 Å². The number of benzene rings is 1. The van der Waals surface area contributed by atoms with Crippen molar-refractivity contribution in [3.05, 3.63) is 34.8 Å². The summed E-state index contributed by atoms with van der Waals surface area (Å²) in [5.74, 6) is 0.456. The Morgan fingerprint density at radius 1 is 1.26 bits per heavy atom. The van der Waals surface area contributed by atoms with Crippen molar-refractivity contribution in [2.45, 2.75) is 52.6 Å². The van der Waals surface area contributed by atoms with Gasteiger partial charge in [0.15, 0.2) is 6.10 Å². The molecule has 0 fully saturated rings. The number of carbonyl (C=O) groups is 1. The Balaban J connectivity index is 1.84. The molecule has 2 rings (SSSR count). The summed E-state index contributed by atoms with van der Waals surface area (Å²) in [5, 5.41) is 12.4. The molecule has 0 bridgehead atoms. The number of carbonyl (C=O) groups excluding carboxylic acids is 1. The fraction of sp³-hybridized carbons (Fsp3) is 0.471. The summed E-state index contributed by atoms with van der Waals surface area (Å²) in [5.41, 5.74) is 1.15. The summed E-state index contributed by atoms with van der Waals surface area (Å²) in [6.45, 7) is 5.90. The number of aryl methyl sites for hydroxylation is 2. The summed E-state index contributed by atoms with van der Waals surface area (Å²) in [7, 11) is 0. The van der Waals surface area contributed by atoms with Crippen molar-refractivity contribution in [3.63, 3.8) is 0 Å². The number of amides is 1. The van der Waals surface area contributed by atoms with E-state index in [1.54, 1.807) is 6.92 Å². The Labute approximate surface area is 141 Å². The standard InChI is InChI=1S/C17H23N3O2S/c1-4-5-6-7-15-19-20-17(23-15)18-16(21)13(3)22-14-10-8-12(2)9-11-14/h8-11,13H,4-7H2,1-3H3,(H,18,20,21). The smallest absolute Gasteiger partial charge is 0.266 e. The van der Waals surface area contributed by atoms with Crippen LogP contribution in [-0.2, 0) is 11.2 Å². The van der Waals surface area contributed by atoms with Gasteiger partial charge in [0, 0.05) is 6.42 Å². The molecule has 1 aromatic heterocycles. The Morgan fingerprint density at radius 3 is 2.70 bits per heavy atom. The van der Waals surface area contributed by atoms with Crippen molar-refractivity contribution < 1.29 is 9.53 Å². The maximum Gasteiger partial charge on any atom is 0.266 e. The van der Waals surface area contributed by atoms with E-state index in [1.807, 2.05) is 31.2 Å². The lowest BCUT2D eigenvalue weighted by molar-refractivity contribution is -0.122. The maximum absolute atomic E-state index is 12.2. The topological polar surface area (TPSA) is 64.1 Å². The van der Waals surface area contributed by atoms with Gasteiger partial charge in [-0.1, -0.05) is 48.8 Å². The van der Waals surface area contributed by atoms with Crippen LogP contribution in [0.15, 0.2) is 24.3 Å². The van der Waals surface area contributed by atoms with Crippen LogP contribution in [0.3, 0.4) is 0 Å². The SMILES string of the molecule is CCCCCc1nnc(NC(=O)C(C)Oc2ccc(C)cc2)s1. The average molecular weight is 333 g/mol. The highest BCUT2D eigenvalue weighted by Gasteiger charge is 2.17. The number of aromatic nitrogens is 2. The van der Waals surface area contributed by atoms with Crippen molar-refractivity contribution in [1.82, 2.24) is 10.2 Å². The fourth-order valence-electron chi connectivity index (χ4n) is 2.01. The molecule has 0 saturated heterocycles. The van der Waals surface area contributed by atoms with Gasteiger partial charge in [0.2, 0.25) is 5.13 Å². The van der Waals surface area contributed by atoms with Gasteiger partial charge in [-0.15, -0.1) is 10.2 Å². The second kappa shape index (κ2) is 8.62. The van der Waals surface area contributed by atoms with Crippen LogP contribution in [0, 0.1) is 6.92 Å². The third-order valence-corrected chi connectivity index (χ3v) is 4.29. The van der Waals surface area contributed by atoms with E-state index in [-0.39, 0.29) is 5.91 Å². The molecule has 0 spiro atoms. The predicted molar refractivity (Wildman–Crippen MR) is 93.0 cm³/mol. The first-order chi connectivity index (χ1) is 11.1. The molecular weight excluding hydrogens is 310 g/mol. The molecule has 1 N–H and O–H groups in total. The molecule has 0 saturated carbocycles. The molecule has 6 heteroatoms. The van der Waals surface area contributed by atoms with Crippen molar-refractivity contribution >= 4 is 22.4 Å². The Hall–Kier alpha value is -1.95. The Morgan fingerprint density at radius 2 is 2.00 bits per heavy atom. The van der Waals surface area contributed by atoms with E-state index in [2.05, 4.69) is 22.4 Å². The molecule has 0 aliphatic carbocycles. The number of hydrogen-bond donors (Lipinski definition) is 1. The van der Waals surface area contributed by atoms with E-state index < -0.39 is 6.10 Å². The van der Waals surface area contributed by atoms with Crippen LogP contribution in [0.5, 0.6) is 5.75 Å². The first-order valence-corrected chi connectivity index (χ1v) is 8.76. The molecule has 1 aromatic carbocycles. The van der Waals surface area contributed by atoms with Crippen molar-refractivity contribution in [2.24, 2.45) is 0 Å². The Bertz CT molecular complexity index is 625. The van der Waals surface area contributed by atoms with E-state index in [0.29, 0.717) is 10.9 Å². The quantitative estimate of drug-likeness (QED) is 0.742. The first kappa shape index (κ1) is 17.4. The third kappa shape index (κ3) is 5.63. The highest BCUT2D eigenvalue weighted by Crippen LogP contribution is 2.19. The lowest BCUT2D eigenvalue weighted by Crippen LogP contribution is -2.30. The third-order valence-electron chi connectivity index (χ3n) is 3.39. The number of rotatable bonds is 8. The maximum atomic E-state index is 12.2. The van der Waals surface area contributed by atoms with E-state index in [9.17, 15) is 4.79 Å². The van der Waals surface area contributed by atoms with Crippen LogP contribution < -0.4 is 10.1 Å². The second-order valence-corrected chi connectivity index (χ2v) is 6.58. The van der Waals surface area contributed by atoms with Crippen molar-refractivity contribution in [2.75, 3.05) is 5.32 Å². The van der Waals surface area contributed by atoms with Gasteiger partial charge in [-0.25, -0.2) is 0 Å². The number of hydrogen-bond acceptors (Lipinski definition) is 5. The molecule has 0 aliphatic rings. The van der Waals surface area contributed by atoms with Crippen LogP contribution in [-0.4, -0.2) is 22.2 Å². The molecule has 0 radical (unpaired) electrons. The van der Waals surface area contributed by atoms with Crippen LogP contribution >= 0.6 is 11.3 Å². The van der Waals surface area contributed by atoms with Crippen molar-refractivity contribution in [1.29, 1.82) is 0 Å². The number of unbranched alkanes of at least 4 members (excludes halogenated alkanes) is 2. The van der Waals surface area contributed by atoms with Crippen LogP contribution in [0.4, 0.5) is 5.13 Å². The van der Waals surface area contributed by atoms with Crippen LogP contribution in [0.25, 0.3) is 0 Å². The fourth-order valence-corrected chi connectivity index (χ4v) is 2.80. The van der Waals surface area contributed by atoms with Gasteiger partial charge in [-0.2, -0.15) is 0 Å². The average Bonchev–Trinajstić information content (AvgIpc) is 2.97. The molecule has 5 nitrogen and oxygen atoms in total. The lowest BCUT2D eigenvalue weighted by Gasteiger charge is -2.13. The molecule has 2 aromatic rings. The van der Waals surface area contributed by atoms with Gasteiger partial charge in [0.05, 0.1) is 0 Å². The minimum atomic E-state index is -0.592. The predicted octanol–water partition coefficient (Wildman–Crippen LogP) is 3.99. The number of anilines is 1. The number of nitrogens with zero attached hydrogens (tertiary/aromatic N) is 2. The first-order valence-electron chi connectivity index (χ1n) is 7.95. The summed E-state index contributed by atoms with van der Waals surface area (Å²) in [6, 6.07) is 7.62. The Kier molecular flexibility index (Phi) is 6.52. The second-order valence-electron chi connectivity index (χ2n) is 5.52. The highest BCUT2D eigenvalue weighted by atomic mass is 32.1. The minimum Gasteiger partial charge on any atom is -0.481 e. The zero-order valence-corrected chi connectivity index (χ0v) is 14.7. The molecule has 1 amide bonds. The van der Waals surface area contributed by atoms with Crippen molar-refractivity contribution in [3.8, 4) is 5.75 Å². The molecule has 0 aliphatic heterocycles. The van der Waals surface area contributed by atoms with Crippen LogP contribution in [0.1, 0.15) is 43.7 Å². The monoisotopic (exact) mass is 333 g/mol. The van der Waals surface area contributed by atoms with Crippen LogP contribution in [0.2, 0.25) is 0 Å². The van der Waals surface area contributed by atoms with Gasteiger partial charge >= 0.3 is 0 Å². The van der Waals surface area contributed by atoms with Gasteiger partial charge in [-0.3, -0.25) is 10.1 Å². The number of ether oxygens (including phenoxy) is 1. The zero-order valence-electron chi connectivity index (χ0n) is 13.8. The van der Waals surface area contributed by atoms with E-state index in [0.717, 1.165) is 23.4 Å². The molecule has 23 heavy (non-hydrogen) atoms. The minimum absolute atomic E-state index is 0.221. The largest absolute Gasteiger partial charge is 0.481 e. The molecule has 124 valence electrons. The lowest BCUT2D eigenvalue weighted by atomic mass is 10.2. The zero-order chi connectivity index (χ0) is 16.7. The summed E-state index contributed by atoms with van der Waals surface area (Å²) in [6.07, 6.45) is 3.78. The molecule has 1 unspecified atom stereocenters. The van der Waals surface area contributed by atoms with Gasteiger partial charge in [0.1, 0.15) is 10.8 Å². The van der Waals surface area contributed by atoms with E-state index in [1.165, 1.54) is 24.2 Å². The summed E-state index contributed by atoms with van der Waals surface area (Å²) in [4.78, 5) is 12.2. The molecule has 1 heterocycles. The summed E-state index contributed by atoms with van der Waals surface area (Å²) >= 11 is 1.43. The highest BCUT2D eigenvalue weighted by molar-refractivity contribution is 7.15.